The first-order valence-corrected chi connectivity index (χ1v) is 10.9. The van der Waals surface area contributed by atoms with Gasteiger partial charge < -0.3 is 15.0 Å². The van der Waals surface area contributed by atoms with Crippen molar-refractivity contribution >= 4 is 15.9 Å². The number of hydrogen-bond donors (Lipinski definition) is 2. The maximum atomic E-state index is 12.8. The highest BCUT2D eigenvalue weighted by Gasteiger charge is 2.27. The number of likely N-dealkylation sites (N-methyl/N-ethyl adjacent to an activating group) is 1. The van der Waals surface area contributed by atoms with Crippen LogP contribution in [0.15, 0.2) is 29.2 Å². The Labute approximate surface area is 162 Å². The summed E-state index contributed by atoms with van der Waals surface area (Å²) < 4.78 is 32.4. The molecule has 0 saturated carbocycles. The zero-order valence-electron chi connectivity index (χ0n) is 16.7. The second kappa shape index (κ2) is 9.14. The van der Waals surface area contributed by atoms with Gasteiger partial charge in [-0.25, -0.2) is 8.42 Å². The molecule has 1 aliphatic heterocycles. The normalized spacial score (nSPS) is 17.5. The van der Waals surface area contributed by atoms with Crippen LogP contribution in [0.4, 0.5) is 0 Å². The van der Waals surface area contributed by atoms with E-state index in [4.69, 9.17) is 4.74 Å². The lowest BCUT2D eigenvalue weighted by atomic mass is 10.1. The van der Waals surface area contributed by atoms with E-state index in [-0.39, 0.29) is 11.4 Å². The molecule has 1 unspecified atom stereocenters. The lowest BCUT2D eigenvalue weighted by Crippen LogP contribution is -3.11. The van der Waals surface area contributed by atoms with Gasteiger partial charge in [0.25, 0.3) is 5.91 Å². The first kappa shape index (κ1) is 21.8. The van der Waals surface area contributed by atoms with Crippen LogP contribution in [0.3, 0.4) is 0 Å². The predicted octanol–water partition coefficient (Wildman–Crippen LogP) is 0.0270. The molecule has 7 nitrogen and oxygen atoms in total. The third kappa shape index (κ3) is 6.57. The molecule has 0 aromatic heterocycles. The molecule has 1 fully saturated rings. The number of amides is 1. The molecular formula is C19H32N3O4S+. The molecule has 1 aromatic carbocycles. The second-order valence-electron chi connectivity index (χ2n) is 7.92. The summed E-state index contributed by atoms with van der Waals surface area (Å²) in [6.07, 6.45) is 0. The fraction of sp³-hybridized carbons (Fsp3) is 0.632. The summed E-state index contributed by atoms with van der Waals surface area (Å²) in [5, 5.41) is 2.97. The van der Waals surface area contributed by atoms with Crippen molar-refractivity contribution in [1.29, 1.82) is 0 Å². The molecule has 0 radical (unpaired) electrons. The lowest BCUT2D eigenvalue weighted by molar-refractivity contribution is -0.904. The Morgan fingerprint density at radius 3 is 2.52 bits per heavy atom. The molecule has 2 rings (SSSR count). The summed E-state index contributed by atoms with van der Waals surface area (Å²) in [4.78, 5) is 13.6. The molecule has 0 aliphatic carbocycles. The maximum Gasteiger partial charge on any atom is 0.275 e. The number of carbonyl (C=O) groups is 1. The predicted molar refractivity (Wildman–Crippen MR) is 104 cm³/mol. The SMILES string of the molecule is CC[NH+](CC(=O)NC(C)(C)C)Cc1cccc(S(=O)(=O)N2CCOCC2)c1. The minimum atomic E-state index is -3.51. The van der Waals surface area contributed by atoms with Gasteiger partial charge in [-0.2, -0.15) is 4.31 Å². The van der Waals surface area contributed by atoms with Crippen molar-refractivity contribution in [3.8, 4) is 0 Å². The van der Waals surface area contributed by atoms with Crippen LogP contribution in [0, 0.1) is 0 Å². The van der Waals surface area contributed by atoms with E-state index in [9.17, 15) is 13.2 Å². The zero-order valence-corrected chi connectivity index (χ0v) is 17.6. The molecule has 152 valence electrons. The molecule has 27 heavy (non-hydrogen) atoms. The van der Waals surface area contributed by atoms with Crippen molar-refractivity contribution in [3.05, 3.63) is 29.8 Å². The van der Waals surface area contributed by atoms with E-state index in [1.807, 2.05) is 33.8 Å². The molecule has 2 N–H and O–H groups in total. The van der Waals surface area contributed by atoms with Crippen molar-refractivity contribution in [2.45, 2.75) is 44.7 Å². The van der Waals surface area contributed by atoms with E-state index in [2.05, 4.69) is 5.32 Å². The number of morpholine rings is 1. The molecule has 1 saturated heterocycles. The largest absolute Gasteiger partial charge is 0.379 e. The van der Waals surface area contributed by atoms with E-state index in [0.29, 0.717) is 44.3 Å². The van der Waals surface area contributed by atoms with Crippen LogP contribution in [-0.2, 0) is 26.1 Å². The van der Waals surface area contributed by atoms with Crippen molar-refractivity contribution in [3.63, 3.8) is 0 Å². The molecule has 1 amide bonds. The van der Waals surface area contributed by atoms with Crippen LogP contribution in [0.1, 0.15) is 33.3 Å². The lowest BCUT2D eigenvalue weighted by Gasteiger charge is -2.26. The third-order valence-electron chi connectivity index (χ3n) is 4.39. The molecule has 1 atom stereocenters. The number of benzene rings is 1. The Kier molecular flexibility index (Phi) is 7.39. The maximum absolute atomic E-state index is 12.8. The number of quaternary nitrogens is 1. The number of nitrogens with one attached hydrogen (secondary N) is 2. The standard InChI is InChI=1S/C19H31N3O4S/c1-5-21(15-18(23)20-19(2,3)4)14-16-7-6-8-17(13-16)27(24,25)22-9-11-26-12-10-22/h6-8,13H,5,9-12,14-15H2,1-4H3,(H,20,23)/p+1. The average molecular weight is 399 g/mol. The number of ether oxygens (including phenoxy) is 1. The van der Waals surface area contributed by atoms with Gasteiger partial charge in [0.05, 0.1) is 24.7 Å². The number of nitrogens with zero attached hydrogens (tertiary/aromatic N) is 1. The highest BCUT2D eigenvalue weighted by Crippen LogP contribution is 2.18. The molecule has 0 spiro atoms. The van der Waals surface area contributed by atoms with Crippen molar-refractivity contribution in [2.75, 3.05) is 39.4 Å². The van der Waals surface area contributed by atoms with Gasteiger partial charge in [0, 0.05) is 24.2 Å². The first-order chi connectivity index (χ1) is 12.6. The molecule has 1 aromatic rings. The number of hydrogen-bond acceptors (Lipinski definition) is 4. The Balaban J connectivity index is 2.08. The number of carbonyl (C=O) groups excluding carboxylic acids is 1. The number of sulfonamides is 1. The molecule has 1 heterocycles. The monoisotopic (exact) mass is 398 g/mol. The number of rotatable bonds is 7. The molecular weight excluding hydrogens is 366 g/mol. The van der Waals surface area contributed by atoms with Gasteiger partial charge in [-0.05, 0) is 39.8 Å². The average Bonchev–Trinajstić information content (AvgIpc) is 2.60. The zero-order chi connectivity index (χ0) is 20.1. The Hall–Kier alpha value is -1.48. The molecule has 1 aliphatic rings. The first-order valence-electron chi connectivity index (χ1n) is 9.43. The highest BCUT2D eigenvalue weighted by atomic mass is 32.2. The van der Waals surface area contributed by atoms with Crippen LogP contribution in [-0.4, -0.2) is 63.6 Å². The highest BCUT2D eigenvalue weighted by molar-refractivity contribution is 7.89. The van der Waals surface area contributed by atoms with Crippen LogP contribution in [0.25, 0.3) is 0 Å². The van der Waals surface area contributed by atoms with Gasteiger partial charge in [0.15, 0.2) is 6.54 Å². The van der Waals surface area contributed by atoms with Crippen LogP contribution < -0.4 is 10.2 Å². The van der Waals surface area contributed by atoms with Gasteiger partial charge in [0.1, 0.15) is 6.54 Å². The third-order valence-corrected chi connectivity index (χ3v) is 6.28. The summed E-state index contributed by atoms with van der Waals surface area (Å²) >= 11 is 0. The van der Waals surface area contributed by atoms with Crippen LogP contribution in [0.2, 0.25) is 0 Å². The van der Waals surface area contributed by atoms with Crippen LogP contribution in [0.5, 0.6) is 0 Å². The topological polar surface area (TPSA) is 80.2 Å². The van der Waals surface area contributed by atoms with Gasteiger partial charge in [-0.1, -0.05) is 12.1 Å². The van der Waals surface area contributed by atoms with Gasteiger partial charge in [0.2, 0.25) is 10.0 Å². The van der Waals surface area contributed by atoms with E-state index in [1.54, 1.807) is 18.2 Å². The van der Waals surface area contributed by atoms with Crippen molar-refractivity contribution in [1.82, 2.24) is 9.62 Å². The summed E-state index contributed by atoms with van der Waals surface area (Å²) in [6.45, 7) is 11.2. The Bertz CT molecular complexity index is 738. The van der Waals surface area contributed by atoms with E-state index in [0.717, 1.165) is 17.0 Å². The van der Waals surface area contributed by atoms with E-state index >= 15 is 0 Å². The summed E-state index contributed by atoms with van der Waals surface area (Å²) in [6, 6.07) is 7.04. The second-order valence-corrected chi connectivity index (χ2v) is 9.86. The molecule has 0 bridgehead atoms. The van der Waals surface area contributed by atoms with E-state index < -0.39 is 10.0 Å². The van der Waals surface area contributed by atoms with Crippen LogP contribution >= 0.6 is 0 Å². The Morgan fingerprint density at radius 2 is 1.93 bits per heavy atom. The minimum Gasteiger partial charge on any atom is -0.379 e. The molecule has 8 heteroatoms. The summed E-state index contributed by atoms with van der Waals surface area (Å²) in [7, 11) is -3.51. The fourth-order valence-corrected chi connectivity index (χ4v) is 4.52. The van der Waals surface area contributed by atoms with Gasteiger partial charge in [-0.3, -0.25) is 4.79 Å². The van der Waals surface area contributed by atoms with E-state index in [1.165, 1.54) is 4.31 Å². The van der Waals surface area contributed by atoms with Gasteiger partial charge in [-0.15, -0.1) is 0 Å². The van der Waals surface area contributed by atoms with Crippen molar-refractivity contribution < 1.29 is 22.8 Å². The quantitative estimate of drug-likeness (QED) is 0.679. The minimum absolute atomic E-state index is 0.00329. The summed E-state index contributed by atoms with van der Waals surface area (Å²) in [5.41, 5.74) is 0.645. The van der Waals surface area contributed by atoms with Gasteiger partial charge >= 0.3 is 0 Å². The summed E-state index contributed by atoms with van der Waals surface area (Å²) in [5.74, 6) is -0.00329. The smallest absolute Gasteiger partial charge is 0.275 e. The van der Waals surface area contributed by atoms with Crippen molar-refractivity contribution in [2.24, 2.45) is 0 Å². The fourth-order valence-electron chi connectivity index (χ4n) is 3.04. The Morgan fingerprint density at radius 1 is 1.26 bits per heavy atom.